The van der Waals surface area contributed by atoms with Gasteiger partial charge in [-0.2, -0.15) is 0 Å². The third kappa shape index (κ3) is 2.92. The highest BCUT2D eigenvalue weighted by molar-refractivity contribution is 6.32. The lowest BCUT2D eigenvalue weighted by atomic mass is 10.0. The van der Waals surface area contributed by atoms with Crippen molar-refractivity contribution in [1.29, 1.82) is 0 Å². The highest BCUT2D eigenvalue weighted by Crippen LogP contribution is 2.27. The summed E-state index contributed by atoms with van der Waals surface area (Å²) in [5.41, 5.74) is 0.598. The van der Waals surface area contributed by atoms with E-state index in [1.807, 2.05) is 15.8 Å². The smallest absolute Gasteiger partial charge is 0.253 e. The summed E-state index contributed by atoms with van der Waals surface area (Å²) in [5.74, 6) is 0.525. The number of hydrogen-bond acceptors (Lipinski definition) is 4. The number of piperidine rings is 1. The second kappa shape index (κ2) is 6.36. The van der Waals surface area contributed by atoms with Gasteiger partial charge in [-0.25, -0.2) is 4.68 Å². The Labute approximate surface area is 133 Å². The molecule has 2 aromatic rings. The van der Waals surface area contributed by atoms with Crippen LogP contribution in [0.1, 0.15) is 29.2 Å². The van der Waals surface area contributed by atoms with Gasteiger partial charge < -0.3 is 9.64 Å². The molecular weight excluding hydrogens is 304 g/mol. The van der Waals surface area contributed by atoms with Crippen LogP contribution in [0.4, 0.5) is 0 Å². The number of carbonyl (C=O) groups is 1. The summed E-state index contributed by atoms with van der Waals surface area (Å²) >= 11 is 6.00. The second-order valence-corrected chi connectivity index (χ2v) is 5.66. The monoisotopic (exact) mass is 320 g/mol. The van der Waals surface area contributed by atoms with E-state index in [2.05, 4.69) is 10.3 Å². The molecule has 1 aliphatic rings. The van der Waals surface area contributed by atoms with Crippen LogP contribution < -0.4 is 4.74 Å². The number of methoxy groups -OCH3 is 1. The van der Waals surface area contributed by atoms with Gasteiger partial charge >= 0.3 is 0 Å². The van der Waals surface area contributed by atoms with Gasteiger partial charge in [0, 0.05) is 24.8 Å². The Kier molecular flexibility index (Phi) is 4.29. The van der Waals surface area contributed by atoms with E-state index in [9.17, 15) is 4.79 Å². The van der Waals surface area contributed by atoms with Crippen LogP contribution in [0.2, 0.25) is 5.02 Å². The summed E-state index contributed by atoms with van der Waals surface area (Å²) in [6.45, 7) is 1.41. The Morgan fingerprint density at radius 3 is 2.77 bits per heavy atom. The standard InChI is InChI=1S/C15H17ClN4O2/c1-22-14-10-11(2-3-13(14)16)15(21)19-7-4-12(5-8-19)20-9-6-17-18-20/h2-3,6,9-10,12H,4-5,7-8H2,1H3. The number of ether oxygens (including phenoxy) is 1. The number of halogens is 1. The number of aromatic nitrogens is 3. The second-order valence-electron chi connectivity index (χ2n) is 5.26. The van der Waals surface area contributed by atoms with E-state index in [1.54, 1.807) is 31.5 Å². The lowest BCUT2D eigenvalue weighted by Crippen LogP contribution is -2.39. The molecule has 0 atom stereocenters. The molecule has 22 heavy (non-hydrogen) atoms. The molecule has 0 radical (unpaired) electrons. The minimum absolute atomic E-state index is 0.00649. The van der Waals surface area contributed by atoms with Gasteiger partial charge in [0.25, 0.3) is 5.91 Å². The SMILES string of the molecule is COc1cc(C(=O)N2CCC(n3ccnn3)CC2)ccc1Cl. The topological polar surface area (TPSA) is 60.2 Å². The normalized spacial score (nSPS) is 15.8. The fourth-order valence-electron chi connectivity index (χ4n) is 2.72. The molecule has 1 aliphatic heterocycles. The van der Waals surface area contributed by atoms with Crippen LogP contribution in [0, 0.1) is 0 Å². The highest BCUT2D eigenvalue weighted by atomic mass is 35.5. The van der Waals surface area contributed by atoms with Crippen molar-refractivity contribution in [3.05, 3.63) is 41.2 Å². The first kappa shape index (κ1) is 14.8. The zero-order valence-electron chi connectivity index (χ0n) is 12.3. The summed E-state index contributed by atoms with van der Waals surface area (Å²) in [7, 11) is 1.54. The van der Waals surface area contributed by atoms with E-state index in [0.717, 1.165) is 12.8 Å². The van der Waals surface area contributed by atoms with Crippen molar-refractivity contribution < 1.29 is 9.53 Å². The minimum Gasteiger partial charge on any atom is -0.495 e. The first-order valence-electron chi connectivity index (χ1n) is 7.17. The van der Waals surface area contributed by atoms with Crippen molar-refractivity contribution in [2.75, 3.05) is 20.2 Å². The molecule has 0 aliphatic carbocycles. The van der Waals surface area contributed by atoms with Crippen molar-refractivity contribution in [2.24, 2.45) is 0 Å². The summed E-state index contributed by atoms with van der Waals surface area (Å²) in [5, 5.41) is 8.37. The first-order chi connectivity index (χ1) is 10.7. The maximum atomic E-state index is 12.6. The quantitative estimate of drug-likeness (QED) is 0.871. The Morgan fingerprint density at radius 1 is 1.36 bits per heavy atom. The van der Waals surface area contributed by atoms with Gasteiger partial charge in [-0.05, 0) is 31.0 Å². The molecule has 0 N–H and O–H groups in total. The molecule has 7 heteroatoms. The third-order valence-electron chi connectivity index (χ3n) is 3.96. The molecule has 0 bridgehead atoms. The fraction of sp³-hybridized carbons (Fsp3) is 0.400. The Hall–Kier alpha value is -2.08. The van der Waals surface area contributed by atoms with Crippen molar-refractivity contribution in [2.45, 2.75) is 18.9 Å². The number of hydrogen-bond donors (Lipinski definition) is 0. The predicted molar refractivity (Wildman–Crippen MR) is 82.2 cm³/mol. The van der Waals surface area contributed by atoms with Crippen LogP contribution in [-0.4, -0.2) is 46.0 Å². The molecule has 1 fully saturated rings. The van der Waals surface area contributed by atoms with Gasteiger partial charge in [0.05, 0.1) is 24.4 Å². The molecule has 6 nitrogen and oxygen atoms in total. The zero-order valence-corrected chi connectivity index (χ0v) is 13.0. The van der Waals surface area contributed by atoms with Gasteiger partial charge in [0.2, 0.25) is 0 Å². The molecular formula is C15H17ClN4O2. The number of amides is 1. The lowest BCUT2D eigenvalue weighted by molar-refractivity contribution is 0.0689. The summed E-state index contributed by atoms with van der Waals surface area (Å²) in [6, 6.07) is 5.42. The molecule has 1 saturated heterocycles. The molecule has 0 spiro atoms. The first-order valence-corrected chi connectivity index (χ1v) is 7.55. The molecule has 1 aromatic carbocycles. The maximum absolute atomic E-state index is 12.6. The number of nitrogens with zero attached hydrogens (tertiary/aromatic N) is 4. The molecule has 1 aromatic heterocycles. The minimum atomic E-state index is 0.00649. The van der Waals surface area contributed by atoms with Crippen LogP contribution in [0.25, 0.3) is 0 Å². The molecule has 0 saturated carbocycles. The van der Waals surface area contributed by atoms with Crippen LogP contribution in [0.15, 0.2) is 30.6 Å². The van der Waals surface area contributed by atoms with Gasteiger partial charge in [-0.3, -0.25) is 4.79 Å². The molecule has 0 unspecified atom stereocenters. The van der Waals surface area contributed by atoms with Crippen LogP contribution in [-0.2, 0) is 0 Å². The summed E-state index contributed by atoms with van der Waals surface area (Å²) in [6.07, 6.45) is 5.30. The van der Waals surface area contributed by atoms with E-state index in [-0.39, 0.29) is 5.91 Å². The Morgan fingerprint density at radius 2 is 2.14 bits per heavy atom. The van der Waals surface area contributed by atoms with E-state index in [0.29, 0.717) is 35.5 Å². The number of carbonyl (C=O) groups excluding carboxylic acids is 1. The van der Waals surface area contributed by atoms with Gasteiger partial charge in [0.1, 0.15) is 5.75 Å². The summed E-state index contributed by atoms with van der Waals surface area (Å²) in [4.78, 5) is 14.4. The van der Waals surface area contributed by atoms with Gasteiger partial charge in [-0.15, -0.1) is 5.10 Å². The average molecular weight is 321 g/mol. The van der Waals surface area contributed by atoms with E-state index < -0.39 is 0 Å². The summed E-state index contributed by atoms with van der Waals surface area (Å²) < 4.78 is 7.04. The Bertz CT molecular complexity index is 652. The van der Waals surface area contributed by atoms with E-state index >= 15 is 0 Å². The number of rotatable bonds is 3. The maximum Gasteiger partial charge on any atom is 0.253 e. The molecule has 1 amide bonds. The van der Waals surface area contributed by atoms with Crippen molar-refractivity contribution in [3.63, 3.8) is 0 Å². The van der Waals surface area contributed by atoms with E-state index in [1.165, 1.54) is 0 Å². The third-order valence-corrected chi connectivity index (χ3v) is 4.28. The molecule has 116 valence electrons. The van der Waals surface area contributed by atoms with Crippen LogP contribution in [0.3, 0.4) is 0 Å². The van der Waals surface area contributed by atoms with Crippen molar-refractivity contribution in [3.8, 4) is 5.75 Å². The van der Waals surface area contributed by atoms with Crippen molar-refractivity contribution in [1.82, 2.24) is 19.9 Å². The van der Waals surface area contributed by atoms with Gasteiger partial charge in [-0.1, -0.05) is 16.8 Å². The largest absolute Gasteiger partial charge is 0.495 e. The van der Waals surface area contributed by atoms with Crippen LogP contribution in [0.5, 0.6) is 5.75 Å². The molecule has 3 rings (SSSR count). The highest BCUT2D eigenvalue weighted by Gasteiger charge is 2.25. The lowest BCUT2D eigenvalue weighted by Gasteiger charge is -2.32. The fourth-order valence-corrected chi connectivity index (χ4v) is 2.92. The zero-order chi connectivity index (χ0) is 15.5. The van der Waals surface area contributed by atoms with Crippen molar-refractivity contribution >= 4 is 17.5 Å². The number of likely N-dealkylation sites (tertiary alicyclic amines) is 1. The number of benzene rings is 1. The van der Waals surface area contributed by atoms with Gasteiger partial charge in [0.15, 0.2) is 0 Å². The van der Waals surface area contributed by atoms with E-state index in [4.69, 9.17) is 16.3 Å². The molecule has 2 heterocycles. The predicted octanol–water partition coefficient (Wildman–Crippen LogP) is 2.42. The van der Waals surface area contributed by atoms with Crippen LogP contribution >= 0.6 is 11.6 Å². The Balaban J connectivity index is 1.67. The average Bonchev–Trinajstić information content (AvgIpc) is 3.09.